The molecule has 0 spiro atoms. The summed E-state index contributed by atoms with van der Waals surface area (Å²) in [5, 5.41) is 24.7. The summed E-state index contributed by atoms with van der Waals surface area (Å²) in [6, 6.07) is 8.74. The Bertz CT molecular complexity index is 824. The Balaban J connectivity index is 1.35. The van der Waals surface area contributed by atoms with E-state index in [1.165, 1.54) is 56.3 Å². The molecular weight excluding hydrogens is 488 g/mol. The van der Waals surface area contributed by atoms with E-state index in [0.29, 0.717) is 6.54 Å². The molecule has 3 rings (SSSR count). The van der Waals surface area contributed by atoms with E-state index >= 15 is 0 Å². The van der Waals surface area contributed by atoms with Crippen LogP contribution >= 0.6 is 0 Å². The minimum Gasteiger partial charge on any atom is -0.447 e. The Hall–Kier alpha value is -2.20. The van der Waals surface area contributed by atoms with Gasteiger partial charge in [0.15, 0.2) is 6.23 Å². The Morgan fingerprint density at radius 3 is 2.32 bits per heavy atom. The molecule has 214 valence electrons. The topological polar surface area (TPSA) is 118 Å². The van der Waals surface area contributed by atoms with Crippen molar-refractivity contribution in [3.8, 4) is 0 Å². The van der Waals surface area contributed by atoms with Crippen molar-refractivity contribution in [1.82, 2.24) is 10.2 Å². The molecule has 0 aromatic heterocycles. The number of hydrogen-bond acceptors (Lipinski definition) is 7. The predicted molar refractivity (Wildman–Crippen MR) is 143 cm³/mol. The fraction of sp³-hybridized carbons (Fsp3) is 0.724. The van der Waals surface area contributed by atoms with E-state index in [2.05, 4.69) is 12.2 Å². The lowest BCUT2D eigenvalue weighted by atomic mass is 9.93. The first-order chi connectivity index (χ1) is 18.5. The average Bonchev–Trinajstić information content (AvgIpc) is 3.31. The zero-order chi connectivity index (χ0) is 27.2. The van der Waals surface area contributed by atoms with Crippen LogP contribution in [0.4, 0.5) is 4.79 Å². The molecule has 2 saturated heterocycles. The molecule has 5 unspecified atom stereocenters. The maximum Gasteiger partial charge on any atom is 0.412 e. The number of carbonyl (C=O) groups excluding carboxylic acids is 2. The van der Waals surface area contributed by atoms with Gasteiger partial charge in [0, 0.05) is 6.54 Å². The number of fused-ring (bicyclic) bond motifs is 1. The van der Waals surface area contributed by atoms with E-state index < -0.39 is 36.7 Å². The predicted octanol–water partition coefficient (Wildman–Crippen LogP) is 3.90. The van der Waals surface area contributed by atoms with Crippen LogP contribution in [0.1, 0.15) is 83.1 Å². The van der Waals surface area contributed by atoms with Crippen molar-refractivity contribution in [3.63, 3.8) is 0 Å². The molecule has 5 atom stereocenters. The van der Waals surface area contributed by atoms with E-state index in [4.69, 9.17) is 14.2 Å². The monoisotopic (exact) mass is 534 g/mol. The second-order valence-corrected chi connectivity index (χ2v) is 10.3. The van der Waals surface area contributed by atoms with Crippen LogP contribution in [0.2, 0.25) is 0 Å². The molecule has 0 bridgehead atoms. The molecule has 9 nitrogen and oxygen atoms in total. The highest BCUT2D eigenvalue weighted by Crippen LogP contribution is 2.32. The average molecular weight is 535 g/mol. The zero-order valence-electron chi connectivity index (χ0n) is 22.8. The summed E-state index contributed by atoms with van der Waals surface area (Å²) in [4.78, 5) is 25.8. The molecule has 38 heavy (non-hydrogen) atoms. The molecule has 0 aliphatic carbocycles. The number of amides is 2. The normalized spacial score (nSPS) is 24.8. The minimum atomic E-state index is -1.30. The van der Waals surface area contributed by atoms with Gasteiger partial charge in [-0.05, 0) is 12.0 Å². The van der Waals surface area contributed by atoms with Gasteiger partial charge in [0.1, 0.15) is 31.0 Å². The van der Waals surface area contributed by atoms with E-state index in [9.17, 15) is 19.8 Å². The Kier molecular flexibility index (Phi) is 13.3. The van der Waals surface area contributed by atoms with Crippen LogP contribution in [0.15, 0.2) is 30.3 Å². The van der Waals surface area contributed by atoms with Gasteiger partial charge in [-0.25, -0.2) is 4.79 Å². The van der Waals surface area contributed by atoms with Crippen molar-refractivity contribution in [2.45, 2.75) is 115 Å². The Labute approximate surface area is 226 Å². The van der Waals surface area contributed by atoms with Crippen LogP contribution in [0, 0.1) is 0 Å². The summed E-state index contributed by atoms with van der Waals surface area (Å²) >= 11 is 0. The van der Waals surface area contributed by atoms with Gasteiger partial charge < -0.3 is 29.7 Å². The summed E-state index contributed by atoms with van der Waals surface area (Å²) in [6.07, 6.45) is 7.37. The Morgan fingerprint density at radius 1 is 0.974 bits per heavy atom. The lowest BCUT2D eigenvalue weighted by Gasteiger charge is -2.45. The second-order valence-electron chi connectivity index (χ2n) is 10.3. The standard InChI is InChI=1S/C29H46N2O7/c1-2-3-4-5-6-7-8-9-10-14-18-30-24(32)17-19-36-28-26(34)27(37-20-22-15-12-11-13-16-22)25(33)23-21-38-29(35)31(23)28/h11-13,15-16,23,25-28,33-34H,2-10,14,17-21H2,1H3,(H,30,32). The SMILES string of the molecule is CCCCCCCCCCCCNC(=O)CCOC1C(O)C(OCc2ccccc2)C(O)C2COC(=O)N21. The molecule has 0 radical (unpaired) electrons. The van der Waals surface area contributed by atoms with Gasteiger partial charge in [-0.2, -0.15) is 0 Å². The third kappa shape index (κ3) is 9.22. The second kappa shape index (κ2) is 16.7. The van der Waals surface area contributed by atoms with Crippen LogP contribution in [0.5, 0.6) is 0 Å². The van der Waals surface area contributed by atoms with Gasteiger partial charge >= 0.3 is 6.09 Å². The number of aliphatic hydroxyl groups is 2. The highest BCUT2D eigenvalue weighted by Gasteiger charge is 2.55. The molecule has 1 aromatic rings. The summed E-state index contributed by atoms with van der Waals surface area (Å²) in [6.45, 7) is 3.05. The molecule has 1 aromatic carbocycles. The number of unbranched alkanes of at least 4 members (excludes halogenated alkanes) is 9. The fourth-order valence-corrected chi connectivity index (χ4v) is 5.09. The van der Waals surface area contributed by atoms with Crippen LogP contribution < -0.4 is 5.32 Å². The molecule has 2 fully saturated rings. The molecule has 2 aliphatic heterocycles. The third-order valence-electron chi connectivity index (χ3n) is 7.33. The Morgan fingerprint density at radius 2 is 1.63 bits per heavy atom. The van der Waals surface area contributed by atoms with Crippen molar-refractivity contribution < 1.29 is 34.0 Å². The molecule has 0 saturated carbocycles. The maximum atomic E-state index is 12.3. The van der Waals surface area contributed by atoms with Crippen LogP contribution in [0.3, 0.4) is 0 Å². The van der Waals surface area contributed by atoms with Crippen LogP contribution in [-0.2, 0) is 25.6 Å². The van der Waals surface area contributed by atoms with Gasteiger partial charge in [0.2, 0.25) is 5.91 Å². The van der Waals surface area contributed by atoms with Crippen LogP contribution in [-0.4, -0.2) is 77.5 Å². The van der Waals surface area contributed by atoms with Crippen molar-refractivity contribution in [1.29, 1.82) is 0 Å². The molecule has 9 heteroatoms. The van der Waals surface area contributed by atoms with Gasteiger partial charge in [0.25, 0.3) is 0 Å². The van der Waals surface area contributed by atoms with Gasteiger partial charge in [-0.3, -0.25) is 9.69 Å². The lowest BCUT2D eigenvalue weighted by molar-refractivity contribution is -0.227. The number of carbonyl (C=O) groups is 2. The summed E-state index contributed by atoms with van der Waals surface area (Å²) < 4.78 is 16.8. The van der Waals surface area contributed by atoms with Crippen molar-refractivity contribution in [2.75, 3.05) is 19.8 Å². The van der Waals surface area contributed by atoms with Crippen LogP contribution in [0.25, 0.3) is 0 Å². The lowest BCUT2D eigenvalue weighted by Crippen LogP contribution is -2.66. The quantitative estimate of drug-likeness (QED) is 0.245. The fourth-order valence-electron chi connectivity index (χ4n) is 5.09. The first-order valence-corrected chi connectivity index (χ1v) is 14.4. The van der Waals surface area contributed by atoms with E-state index in [1.54, 1.807) is 0 Å². The highest BCUT2D eigenvalue weighted by atomic mass is 16.6. The number of cyclic esters (lactones) is 1. The number of aliphatic hydroxyl groups excluding tert-OH is 2. The zero-order valence-corrected chi connectivity index (χ0v) is 22.8. The first-order valence-electron chi connectivity index (χ1n) is 14.4. The molecular formula is C29H46N2O7. The number of piperidine rings is 1. The molecule has 2 aliphatic rings. The summed E-state index contributed by atoms with van der Waals surface area (Å²) in [5.74, 6) is -0.135. The van der Waals surface area contributed by atoms with E-state index in [-0.39, 0.29) is 32.1 Å². The number of rotatable bonds is 18. The number of benzene rings is 1. The third-order valence-corrected chi connectivity index (χ3v) is 7.33. The molecule has 2 amide bonds. The number of nitrogens with zero attached hydrogens (tertiary/aromatic N) is 1. The molecule has 3 N–H and O–H groups in total. The van der Waals surface area contributed by atoms with Crippen molar-refractivity contribution in [2.24, 2.45) is 0 Å². The van der Waals surface area contributed by atoms with Crippen molar-refractivity contribution in [3.05, 3.63) is 35.9 Å². The molecule has 2 heterocycles. The van der Waals surface area contributed by atoms with E-state index in [1.807, 2.05) is 30.3 Å². The maximum absolute atomic E-state index is 12.3. The first kappa shape index (κ1) is 30.3. The summed E-state index contributed by atoms with van der Waals surface area (Å²) in [5.41, 5.74) is 0.893. The van der Waals surface area contributed by atoms with Gasteiger partial charge in [0.05, 0.1) is 19.6 Å². The van der Waals surface area contributed by atoms with Gasteiger partial charge in [-0.1, -0.05) is 95.0 Å². The number of hydrogen-bond donors (Lipinski definition) is 3. The van der Waals surface area contributed by atoms with E-state index in [0.717, 1.165) is 18.4 Å². The van der Waals surface area contributed by atoms with Gasteiger partial charge in [-0.15, -0.1) is 0 Å². The van der Waals surface area contributed by atoms with Crippen molar-refractivity contribution >= 4 is 12.0 Å². The number of ether oxygens (including phenoxy) is 3. The largest absolute Gasteiger partial charge is 0.447 e. The summed E-state index contributed by atoms with van der Waals surface area (Å²) in [7, 11) is 0. The minimum absolute atomic E-state index is 0.0167. The smallest absolute Gasteiger partial charge is 0.412 e. The highest BCUT2D eigenvalue weighted by molar-refractivity contribution is 5.75. The number of nitrogens with one attached hydrogen (secondary N) is 1.